The summed E-state index contributed by atoms with van der Waals surface area (Å²) in [7, 11) is 0. The van der Waals surface area contributed by atoms with Crippen LogP contribution in [0, 0.1) is 5.92 Å². The van der Waals surface area contributed by atoms with E-state index in [0.29, 0.717) is 18.9 Å². The lowest BCUT2D eigenvalue weighted by Gasteiger charge is -2.08. The Morgan fingerprint density at radius 2 is 1.85 bits per heavy atom. The second kappa shape index (κ2) is 6.96. The number of aliphatic carboxylic acids is 1. The van der Waals surface area contributed by atoms with Gasteiger partial charge in [-0.2, -0.15) is 0 Å². The number of rotatable bonds is 6. The molecule has 0 radical (unpaired) electrons. The minimum Gasteiger partial charge on any atom is -0.481 e. The molecule has 1 aromatic heterocycles. The fourth-order valence-corrected chi connectivity index (χ4v) is 3.02. The number of nitrogens with zero attached hydrogens (tertiary/aromatic N) is 2. The number of carboxylic acid groups (broad SMARTS) is 1. The van der Waals surface area contributed by atoms with Gasteiger partial charge in [0.15, 0.2) is 0 Å². The number of hydrogen-bond donors (Lipinski definition) is 1. The fourth-order valence-electron chi connectivity index (χ4n) is 3.02. The highest BCUT2D eigenvalue weighted by atomic mass is 16.5. The first kappa shape index (κ1) is 16.3. The molecule has 0 saturated heterocycles. The van der Waals surface area contributed by atoms with Crippen LogP contribution in [0.4, 0.5) is 0 Å². The average Bonchev–Trinajstić information content (AvgIpc) is 3.49. The molecule has 0 amide bonds. The van der Waals surface area contributed by atoms with Gasteiger partial charge in [0.25, 0.3) is 0 Å². The van der Waals surface area contributed by atoms with E-state index in [9.17, 15) is 4.79 Å². The van der Waals surface area contributed by atoms with Crippen LogP contribution in [0.15, 0.2) is 67.0 Å². The highest BCUT2D eigenvalue weighted by molar-refractivity contribution is 5.75. The molecule has 1 N–H and O–H groups in total. The van der Waals surface area contributed by atoms with Crippen molar-refractivity contribution in [1.82, 2.24) is 9.97 Å². The van der Waals surface area contributed by atoms with Crippen LogP contribution in [-0.2, 0) is 11.4 Å². The third kappa shape index (κ3) is 3.57. The van der Waals surface area contributed by atoms with E-state index in [4.69, 9.17) is 9.84 Å². The number of ether oxygens (including phenoxy) is 1. The summed E-state index contributed by atoms with van der Waals surface area (Å²) in [4.78, 5) is 19.5. The highest BCUT2D eigenvalue weighted by Crippen LogP contribution is 2.46. The van der Waals surface area contributed by atoms with Gasteiger partial charge in [-0.15, -0.1) is 0 Å². The molecular weight excluding hydrogens is 328 g/mol. The van der Waals surface area contributed by atoms with Crippen molar-refractivity contribution in [2.75, 3.05) is 0 Å². The number of aromatic nitrogens is 2. The Hall–Kier alpha value is -3.21. The summed E-state index contributed by atoms with van der Waals surface area (Å²) in [5, 5.41) is 8.98. The first-order chi connectivity index (χ1) is 12.7. The van der Waals surface area contributed by atoms with Gasteiger partial charge in [0.1, 0.15) is 6.61 Å². The molecule has 0 spiro atoms. The normalized spacial score (nSPS) is 18.3. The van der Waals surface area contributed by atoms with Crippen molar-refractivity contribution in [2.24, 2.45) is 5.92 Å². The van der Waals surface area contributed by atoms with Gasteiger partial charge in [-0.05, 0) is 29.2 Å². The van der Waals surface area contributed by atoms with Crippen LogP contribution in [0.5, 0.6) is 5.88 Å². The largest absolute Gasteiger partial charge is 0.481 e. The summed E-state index contributed by atoms with van der Waals surface area (Å²) in [6, 6.07) is 18.4. The number of hydrogen-bond acceptors (Lipinski definition) is 4. The maximum absolute atomic E-state index is 10.9. The summed E-state index contributed by atoms with van der Waals surface area (Å²) in [6.07, 6.45) is 3.81. The highest BCUT2D eigenvalue weighted by Gasteiger charge is 2.45. The number of carbonyl (C=O) groups is 1. The number of benzene rings is 2. The molecule has 0 bridgehead atoms. The maximum Gasteiger partial charge on any atom is 0.307 e. The number of carboxylic acids is 1. The molecule has 1 fully saturated rings. The van der Waals surface area contributed by atoms with E-state index in [2.05, 4.69) is 34.2 Å². The van der Waals surface area contributed by atoms with Crippen molar-refractivity contribution >= 4 is 5.97 Å². The first-order valence-corrected chi connectivity index (χ1v) is 8.52. The Morgan fingerprint density at radius 1 is 1.04 bits per heavy atom. The van der Waals surface area contributed by atoms with Gasteiger partial charge in [0, 0.05) is 5.92 Å². The van der Waals surface area contributed by atoms with Gasteiger partial charge in [0.05, 0.1) is 24.0 Å². The zero-order chi connectivity index (χ0) is 17.9. The molecule has 130 valence electrons. The third-order valence-corrected chi connectivity index (χ3v) is 4.56. The van der Waals surface area contributed by atoms with Crippen LogP contribution < -0.4 is 4.74 Å². The molecule has 0 aliphatic heterocycles. The zero-order valence-electron chi connectivity index (χ0n) is 14.1. The monoisotopic (exact) mass is 346 g/mol. The van der Waals surface area contributed by atoms with Crippen molar-refractivity contribution in [3.05, 3.63) is 78.2 Å². The van der Waals surface area contributed by atoms with Crippen molar-refractivity contribution < 1.29 is 14.6 Å². The van der Waals surface area contributed by atoms with Crippen molar-refractivity contribution in [2.45, 2.75) is 18.9 Å². The molecule has 5 nitrogen and oxygen atoms in total. The van der Waals surface area contributed by atoms with E-state index >= 15 is 0 Å². The van der Waals surface area contributed by atoms with Crippen LogP contribution in [0.25, 0.3) is 11.1 Å². The Kier molecular flexibility index (Phi) is 4.35. The molecule has 1 saturated carbocycles. The molecule has 26 heavy (non-hydrogen) atoms. The average molecular weight is 346 g/mol. The Bertz CT molecular complexity index is 910. The minimum atomic E-state index is -0.768. The van der Waals surface area contributed by atoms with E-state index in [1.54, 1.807) is 12.4 Å². The fraction of sp³-hybridized carbons (Fsp3) is 0.190. The summed E-state index contributed by atoms with van der Waals surface area (Å²) in [5.41, 5.74) is 4.07. The lowest BCUT2D eigenvalue weighted by Crippen LogP contribution is -2.02. The molecule has 1 aliphatic rings. The molecule has 1 aliphatic carbocycles. The van der Waals surface area contributed by atoms with Gasteiger partial charge in [-0.3, -0.25) is 9.78 Å². The van der Waals surface area contributed by atoms with Crippen molar-refractivity contribution in [3.8, 4) is 17.0 Å². The van der Waals surface area contributed by atoms with Gasteiger partial charge in [-0.25, -0.2) is 4.98 Å². The van der Waals surface area contributed by atoms with Crippen LogP contribution in [-0.4, -0.2) is 21.0 Å². The van der Waals surface area contributed by atoms with Gasteiger partial charge >= 0.3 is 5.97 Å². The smallest absolute Gasteiger partial charge is 0.307 e. The SMILES string of the molecule is O=C(O)C1CC1c1cnc(OCc2cccc(-c3ccccc3)c2)cn1. The quantitative estimate of drug-likeness (QED) is 0.732. The second-order valence-corrected chi connectivity index (χ2v) is 6.42. The van der Waals surface area contributed by atoms with E-state index in [-0.39, 0.29) is 11.8 Å². The molecule has 2 unspecified atom stereocenters. The minimum absolute atomic E-state index is 0.0170. The molecule has 3 aromatic rings. The lowest BCUT2D eigenvalue weighted by atomic mass is 10.0. The van der Waals surface area contributed by atoms with E-state index < -0.39 is 5.97 Å². The third-order valence-electron chi connectivity index (χ3n) is 4.56. The topological polar surface area (TPSA) is 72.3 Å². The molecule has 4 rings (SSSR count). The van der Waals surface area contributed by atoms with E-state index in [0.717, 1.165) is 22.4 Å². The van der Waals surface area contributed by atoms with Crippen molar-refractivity contribution in [3.63, 3.8) is 0 Å². The lowest BCUT2D eigenvalue weighted by molar-refractivity contribution is -0.138. The van der Waals surface area contributed by atoms with Gasteiger partial charge in [0.2, 0.25) is 5.88 Å². The van der Waals surface area contributed by atoms with Crippen LogP contribution in [0.1, 0.15) is 23.6 Å². The van der Waals surface area contributed by atoms with Crippen LogP contribution in [0.3, 0.4) is 0 Å². The van der Waals surface area contributed by atoms with Crippen LogP contribution >= 0.6 is 0 Å². The van der Waals surface area contributed by atoms with E-state index in [1.165, 1.54) is 0 Å². The molecular formula is C21H18N2O3. The Balaban J connectivity index is 1.39. The summed E-state index contributed by atoms with van der Waals surface area (Å²) >= 11 is 0. The first-order valence-electron chi connectivity index (χ1n) is 8.52. The molecule has 5 heteroatoms. The Labute approximate surface area is 151 Å². The van der Waals surface area contributed by atoms with Crippen LogP contribution in [0.2, 0.25) is 0 Å². The summed E-state index contributed by atoms with van der Waals surface area (Å²) in [5.74, 6) is -0.671. The molecule has 1 heterocycles. The predicted molar refractivity (Wildman–Crippen MR) is 96.7 cm³/mol. The second-order valence-electron chi connectivity index (χ2n) is 6.42. The standard InChI is InChI=1S/C21H18N2O3/c24-21(25)18-10-17(18)19-11-23-20(12-22-19)26-13-14-5-4-8-16(9-14)15-6-2-1-3-7-15/h1-9,11-12,17-18H,10,13H2,(H,24,25). The van der Waals surface area contributed by atoms with E-state index in [1.807, 2.05) is 30.3 Å². The summed E-state index contributed by atoms with van der Waals surface area (Å²) < 4.78 is 5.72. The predicted octanol–water partition coefficient (Wildman–Crippen LogP) is 3.91. The molecule has 2 atom stereocenters. The van der Waals surface area contributed by atoms with Gasteiger partial charge < -0.3 is 9.84 Å². The summed E-state index contributed by atoms with van der Waals surface area (Å²) in [6.45, 7) is 0.399. The molecule has 2 aromatic carbocycles. The maximum atomic E-state index is 10.9. The van der Waals surface area contributed by atoms with Crippen molar-refractivity contribution in [1.29, 1.82) is 0 Å². The Morgan fingerprint density at radius 3 is 2.54 bits per heavy atom. The zero-order valence-corrected chi connectivity index (χ0v) is 14.1. The van der Waals surface area contributed by atoms with Gasteiger partial charge in [-0.1, -0.05) is 48.5 Å².